The number of halogens is 1. The molecule has 1 aromatic carbocycles. The highest BCUT2D eigenvalue weighted by Crippen LogP contribution is 2.35. The van der Waals surface area contributed by atoms with Crippen LogP contribution in [0.5, 0.6) is 0 Å². The first-order valence-corrected chi connectivity index (χ1v) is 6.08. The maximum atomic E-state index is 11.6. The van der Waals surface area contributed by atoms with E-state index in [0.29, 0.717) is 11.4 Å². The highest BCUT2D eigenvalue weighted by Gasteiger charge is 2.20. The van der Waals surface area contributed by atoms with Gasteiger partial charge >= 0.3 is 0 Å². The van der Waals surface area contributed by atoms with Crippen molar-refractivity contribution in [2.24, 2.45) is 5.92 Å². The van der Waals surface area contributed by atoms with Crippen molar-refractivity contribution >= 4 is 34.6 Å². The average Bonchev–Trinajstić information content (AvgIpc) is 2.30. The van der Waals surface area contributed by atoms with Crippen LogP contribution in [-0.2, 0) is 4.79 Å². The molecule has 1 N–H and O–H groups in total. The molecule has 1 rings (SSSR count). The molecule has 0 saturated heterocycles. The molecule has 0 aliphatic carbocycles. The molecule has 104 valence electrons. The summed E-state index contributed by atoms with van der Waals surface area (Å²) in [5, 5.41) is 13.7. The molecule has 0 unspecified atom stereocenters. The Kier molecular flexibility index (Phi) is 4.72. The SMILES string of the molecule is CC(C)C(=O)Nc1cc(N(C)C)c([N+](=O)[O-])cc1Cl. The van der Waals surface area contributed by atoms with Gasteiger partial charge in [0.2, 0.25) is 5.91 Å². The van der Waals surface area contributed by atoms with Crippen molar-refractivity contribution in [3.63, 3.8) is 0 Å². The lowest BCUT2D eigenvalue weighted by atomic mass is 10.2. The number of hydrogen-bond donors (Lipinski definition) is 1. The molecule has 0 atom stereocenters. The van der Waals surface area contributed by atoms with Gasteiger partial charge in [-0.3, -0.25) is 14.9 Å². The zero-order valence-corrected chi connectivity index (χ0v) is 12.0. The number of nitrogens with zero attached hydrogens (tertiary/aromatic N) is 2. The number of amides is 1. The molecular formula is C12H16ClN3O3. The quantitative estimate of drug-likeness (QED) is 0.682. The van der Waals surface area contributed by atoms with E-state index in [9.17, 15) is 14.9 Å². The lowest BCUT2D eigenvalue weighted by Crippen LogP contribution is -2.19. The zero-order chi connectivity index (χ0) is 14.7. The third-order valence-electron chi connectivity index (χ3n) is 2.52. The van der Waals surface area contributed by atoms with E-state index < -0.39 is 4.92 Å². The second-order valence-corrected chi connectivity index (χ2v) is 5.02. The fourth-order valence-corrected chi connectivity index (χ4v) is 1.63. The molecule has 19 heavy (non-hydrogen) atoms. The number of carbonyl (C=O) groups excluding carboxylic acids is 1. The summed E-state index contributed by atoms with van der Waals surface area (Å²) < 4.78 is 0. The Balaban J connectivity index is 3.25. The molecule has 0 bridgehead atoms. The van der Waals surface area contributed by atoms with Gasteiger partial charge in [0, 0.05) is 26.1 Å². The van der Waals surface area contributed by atoms with Crippen LogP contribution in [0.1, 0.15) is 13.8 Å². The summed E-state index contributed by atoms with van der Waals surface area (Å²) in [6, 6.07) is 2.74. The molecule has 0 aromatic heterocycles. The van der Waals surface area contributed by atoms with Crippen molar-refractivity contribution in [2.75, 3.05) is 24.3 Å². The number of nitrogens with one attached hydrogen (secondary N) is 1. The minimum absolute atomic E-state index is 0.0995. The van der Waals surface area contributed by atoms with Gasteiger partial charge in [-0.15, -0.1) is 0 Å². The van der Waals surface area contributed by atoms with Crippen molar-refractivity contribution in [1.29, 1.82) is 0 Å². The molecule has 0 aliphatic heterocycles. The van der Waals surface area contributed by atoms with Crippen molar-refractivity contribution in [2.45, 2.75) is 13.8 Å². The maximum absolute atomic E-state index is 11.6. The van der Waals surface area contributed by atoms with Crippen LogP contribution in [0.15, 0.2) is 12.1 Å². The largest absolute Gasteiger partial charge is 0.372 e. The predicted octanol–water partition coefficient (Wildman–Crippen LogP) is 2.91. The van der Waals surface area contributed by atoms with Crippen LogP contribution >= 0.6 is 11.6 Å². The topological polar surface area (TPSA) is 75.5 Å². The third kappa shape index (κ3) is 3.57. The zero-order valence-electron chi connectivity index (χ0n) is 11.2. The maximum Gasteiger partial charge on any atom is 0.294 e. The molecule has 0 fully saturated rings. The molecule has 6 nitrogen and oxygen atoms in total. The van der Waals surface area contributed by atoms with Gasteiger partial charge in [-0.1, -0.05) is 25.4 Å². The fraction of sp³-hybridized carbons (Fsp3) is 0.417. The van der Waals surface area contributed by atoms with E-state index in [2.05, 4.69) is 5.32 Å². The molecule has 0 aliphatic rings. The summed E-state index contributed by atoms with van der Waals surface area (Å²) in [7, 11) is 3.37. The van der Waals surface area contributed by atoms with Crippen LogP contribution in [0, 0.1) is 16.0 Å². The van der Waals surface area contributed by atoms with E-state index >= 15 is 0 Å². The number of nitro groups is 1. The summed E-state index contributed by atoms with van der Waals surface area (Å²) in [6.45, 7) is 3.50. The highest BCUT2D eigenvalue weighted by atomic mass is 35.5. The van der Waals surface area contributed by atoms with Crippen LogP contribution < -0.4 is 10.2 Å². The second-order valence-electron chi connectivity index (χ2n) is 4.62. The molecule has 0 radical (unpaired) electrons. The number of rotatable bonds is 4. The summed E-state index contributed by atoms with van der Waals surface area (Å²) in [4.78, 5) is 23.7. The van der Waals surface area contributed by atoms with Gasteiger partial charge in [-0.2, -0.15) is 0 Å². The number of benzene rings is 1. The third-order valence-corrected chi connectivity index (χ3v) is 2.84. The van der Waals surface area contributed by atoms with Crippen LogP contribution in [0.3, 0.4) is 0 Å². The van der Waals surface area contributed by atoms with Crippen LogP contribution in [-0.4, -0.2) is 24.9 Å². The normalized spacial score (nSPS) is 10.4. The Morgan fingerprint density at radius 2 is 2.00 bits per heavy atom. The van der Waals surface area contributed by atoms with Gasteiger partial charge in [0.15, 0.2) is 0 Å². The summed E-state index contributed by atoms with van der Waals surface area (Å²) in [5.41, 5.74) is 0.653. The van der Waals surface area contributed by atoms with E-state index in [4.69, 9.17) is 11.6 Å². The smallest absolute Gasteiger partial charge is 0.294 e. The van der Waals surface area contributed by atoms with Crippen molar-refractivity contribution in [1.82, 2.24) is 0 Å². The molecule has 0 spiro atoms. The first-order chi connectivity index (χ1) is 8.73. The molecule has 1 amide bonds. The van der Waals surface area contributed by atoms with Gasteiger partial charge in [0.05, 0.1) is 15.6 Å². The summed E-state index contributed by atoms with van der Waals surface area (Å²) in [6.07, 6.45) is 0. The summed E-state index contributed by atoms with van der Waals surface area (Å²) >= 11 is 5.96. The first-order valence-electron chi connectivity index (χ1n) is 5.70. The number of nitro benzene ring substituents is 1. The predicted molar refractivity (Wildman–Crippen MR) is 75.9 cm³/mol. The van der Waals surface area contributed by atoms with E-state index in [-0.39, 0.29) is 22.5 Å². The molecule has 7 heteroatoms. The van der Waals surface area contributed by atoms with Crippen LogP contribution in [0.2, 0.25) is 5.02 Å². The van der Waals surface area contributed by atoms with Crippen molar-refractivity contribution in [3.05, 3.63) is 27.3 Å². The lowest BCUT2D eigenvalue weighted by Gasteiger charge is -2.16. The Labute approximate surface area is 116 Å². The highest BCUT2D eigenvalue weighted by molar-refractivity contribution is 6.34. The lowest BCUT2D eigenvalue weighted by molar-refractivity contribution is -0.384. The monoisotopic (exact) mass is 285 g/mol. The molecule has 0 heterocycles. The van der Waals surface area contributed by atoms with Crippen LogP contribution in [0.4, 0.5) is 17.1 Å². The van der Waals surface area contributed by atoms with Gasteiger partial charge in [-0.25, -0.2) is 0 Å². The number of carbonyl (C=O) groups is 1. The Morgan fingerprint density at radius 3 is 2.42 bits per heavy atom. The van der Waals surface area contributed by atoms with E-state index in [1.165, 1.54) is 12.1 Å². The minimum Gasteiger partial charge on any atom is -0.372 e. The molecular weight excluding hydrogens is 270 g/mol. The second kappa shape index (κ2) is 5.88. The minimum atomic E-state index is -0.505. The van der Waals surface area contributed by atoms with Crippen molar-refractivity contribution in [3.8, 4) is 0 Å². The Morgan fingerprint density at radius 1 is 1.42 bits per heavy atom. The average molecular weight is 286 g/mol. The van der Waals surface area contributed by atoms with Gasteiger partial charge in [-0.05, 0) is 6.07 Å². The molecule has 1 aromatic rings. The Bertz CT molecular complexity index is 515. The standard InChI is InChI=1S/C12H16ClN3O3/c1-7(2)12(17)14-9-6-10(15(3)4)11(16(18)19)5-8(9)13/h5-7H,1-4H3,(H,14,17). The van der Waals surface area contributed by atoms with Gasteiger partial charge in [0.25, 0.3) is 5.69 Å². The van der Waals surface area contributed by atoms with Gasteiger partial charge in [0.1, 0.15) is 5.69 Å². The first kappa shape index (κ1) is 15.2. The van der Waals surface area contributed by atoms with E-state index in [1.54, 1.807) is 32.8 Å². The Hall–Kier alpha value is -1.82. The number of anilines is 2. The van der Waals surface area contributed by atoms with E-state index in [0.717, 1.165) is 0 Å². The number of hydrogen-bond acceptors (Lipinski definition) is 4. The van der Waals surface area contributed by atoms with Crippen LogP contribution in [0.25, 0.3) is 0 Å². The molecule has 0 saturated carbocycles. The van der Waals surface area contributed by atoms with Crippen molar-refractivity contribution < 1.29 is 9.72 Å². The fourth-order valence-electron chi connectivity index (χ4n) is 1.43. The van der Waals surface area contributed by atoms with Gasteiger partial charge < -0.3 is 10.2 Å². The van der Waals surface area contributed by atoms with E-state index in [1.807, 2.05) is 0 Å². The summed E-state index contributed by atoms with van der Waals surface area (Å²) in [5.74, 6) is -0.394.